The molecule has 0 amide bonds. The fourth-order valence-corrected chi connectivity index (χ4v) is 2.64. The summed E-state index contributed by atoms with van der Waals surface area (Å²) >= 11 is 0. The van der Waals surface area contributed by atoms with Gasteiger partial charge in [0.25, 0.3) is 0 Å². The van der Waals surface area contributed by atoms with Gasteiger partial charge >= 0.3 is 0 Å². The maximum absolute atomic E-state index is 13.6. The van der Waals surface area contributed by atoms with Crippen molar-refractivity contribution in [3.8, 4) is 17.2 Å². The lowest BCUT2D eigenvalue weighted by molar-refractivity contribution is 0.104. The third kappa shape index (κ3) is 4.88. The van der Waals surface area contributed by atoms with Crippen LogP contribution in [0.15, 0.2) is 46.9 Å². The van der Waals surface area contributed by atoms with E-state index in [4.69, 9.17) is 18.6 Å². The molecule has 0 aliphatic carbocycles. The smallest absolute Gasteiger partial charge is 0.203 e. The van der Waals surface area contributed by atoms with Gasteiger partial charge in [-0.1, -0.05) is 0 Å². The lowest BCUT2D eigenvalue weighted by atomic mass is 10.1. The average Bonchev–Trinajstić information content (AvgIpc) is 3.23. The molecular formula is C22H16F4O5. The zero-order valence-corrected chi connectivity index (χ0v) is 16.4. The van der Waals surface area contributed by atoms with Gasteiger partial charge in [0.1, 0.15) is 29.6 Å². The highest BCUT2D eigenvalue weighted by Crippen LogP contribution is 2.28. The Morgan fingerprint density at radius 1 is 0.968 bits per heavy atom. The van der Waals surface area contributed by atoms with Crippen molar-refractivity contribution in [3.63, 3.8) is 0 Å². The fourth-order valence-electron chi connectivity index (χ4n) is 2.64. The number of hydrogen-bond acceptors (Lipinski definition) is 5. The van der Waals surface area contributed by atoms with Crippen LogP contribution in [0.1, 0.15) is 21.9 Å². The predicted octanol–water partition coefficient (Wildman–Crippen LogP) is 5.33. The van der Waals surface area contributed by atoms with Crippen molar-refractivity contribution in [2.75, 3.05) is 14.2 Å². The standard InChI is InChI=1S/C22H16F4O5/c1-28-13-6-8-19(29-2)15(9-13)18(27)7-5-12-3-4-14(31-12)11-30-22-20(25)16(23)10-17(24)21(22)26/h3-10H,11H2,1-2H3/b7-5+. The molecule has 0 aliphatic heterocycles. The number of allylic oxidation sites excluding steroid dienone is 1. The molecule has 0 saturated carbocycles. The molecule has 1 heterocycles. The van der Waals surface area contributed by atoms with Gasteiger partial charge in [-0.25, -0.2) is 8.78 Å². The van der Waals surface area contributed by atoms with E-state index < -0.39 is 35.6 Å². The lowest BCUT2D eigenvalue weighted by Gasteiger charge is -2.08. The summed E-state index contributed by atoms with van der Waals surface area (Å²) in [4.78, 5) is 12.5. The monoisotopic (exact) mass is 436 g/mol. The SMILES string of the molecule is COc1ccc(OC)c(C(=O)/C=C/c2ccc(COc3c(F)c(F)cc(F)c3F)o2)c1. The largest absolute Gasteiger partial charge is 0.497 e. The van der Waals surface area contributed by atoms with Crippen LogP contribution in [0.3, 0.4) is 0 Å². The minimum absolute atomic E-state index is 0.0850. The van der Waals surface area contributed by atoms with Crippen molar-refractivity contribution < 1.29 is 41.0 Å². The molecule has 0 atom stereocenters. The molecule has 2 aromatic carbocycles. The summed E-state index contributed by atoms with van der Waals surface area (Å²) < 4.78 is 74.2. The van der Waals surface area contributed by atoms with Gasteiger partial charge in [-0.2, -0.15) is 8.78 Å². The Bertz CT molecular complexity index is 1110. The molecule has 162 valence electrons. The third-order valence-electron chi connectivity index (χ3n) is 4.18. The maximum atomic E-state index is 13.6. The van der Waals surface area contributed by atoms with Crippen molar-refractivity contribution in [2.24, 2.45) is 0 Å². The Morgan fingerprint density at radius 2 is 1.68 bits per heavy atom. The van der Waals surface area contributed by atoms with E-state index in [0.29, 0.717) is 11.5 Å². The van der Waals surface area contributed by atoms with Crippen LogP contribution in [0.4, 0.5) is 17.6 Å². The molecule has 0 N–H and O–H groups in total. The second-order valence-electron chi connectivity index (χ2n) is 6.15. The van der Waals surface area contributed by atoms with Gasteiger partial charge in [-0.3, -0.25) is 4.79 Å². The second-order valence-corrected chi connectivity index (χ2v) is 6.15. The van der Waals surface area contributed by atoms with Crippen LogP contribution in [0, 0.1) is 23.3 Å². The first kappa shape index (κ1) is 21.9. The average molecular weight is 436 g/mol. The van der Waals surface area contributed by atoms with E-state index in [1.165, 1.54) is 44.6 Å². The number of rotatable bonds is 8. The van der Waals surface area contributed by atoms with Crippen molar-refractivity contribution >= 4 is 11.9 Å². The molecule has 1 aromatic heterocycles. The summed E-state index contributed by atoms with van der Waals surface area (Å²) in [5, 5.41) is 0. The van der Waals surface area contributed by atoms with Crippen molar-refractivity contribution in [1.82, 2.24) is 0 Å². The van der Waals surface area contributed by atoms with E-state index in [1.807, 2.05) is 0 Å². The number of furan rings is 1. The highest BCUT2D eigenvalue weighted by Gasteiger charge is 2.21. The summed E-state index contributed by atoms with van der Waals surface area (Å²) in [7, 11) is 2.89. The van der Waals surface area contributed by atoms with E-state index in [-0.39, 0.29) is 28.9 Å². The first-order valence-corrected chi connectivity index (χ1v) is 8.83. The summed E-state index contributed by atoms with van der Waals surface area (Å²) in [6.45, 7) is -0.498. The molecule has 0 aliphatic rings. The molecular weight excluding hydrogens is 420 g/mol. The highest BCUT2D eigenvalue weighted by atomic mass is 19.2. The van der Waals surface area contributed by atoms with E-state index in [0.717, 1.165) is 0 Å². The number of benzene rings is 2. The molecule has 0 bridgehead atoms. The second kappa shape index (κ2) is 9.38. The molecule has 3 rings (SSSR count). The van der Waals surface area contributed by atoms with Crippen molar-refractivity contribution in [2.45, 2.75) is 6.61 Å². The highest BCUT2D eigenvalue weighted by molar-refractivity contribution is 6.08. The Balaban J connectivity index is 1.71. The summed E-state index contributed by atoms with van der Waals surface area (Å²) in [5.74, 6) is -6.86. The normalized spacial score (nSPS) is 11.0. The number of halogens is 4. The van der Waals surface area contributed by atoms with Gasteiger partial charge < -0.3 is 18.6 Å². The van der Waals surface area contributed by atoms with Crippen LogP contribution in [-0.2, 0) is 6.61 Å². The topological polar surface area (TPSA) is 57.9 Å². The van der Waals surface area contributed by atoms with Gasteiger partial charge in [0, 0.05) is 6.07 Å². The first-order chi connectivity index (χ1) is 14.8. The van der Waals surface area contributed by atoms with E-state index in [2.05, 4.69) is 0 Å². The molecule has 0 unspecified atom stereocenters. The molecule has 0 saturated heterocycles. The third-order valence-corrected chi connectivity index (χ3v) is 4.18. The first-order valence-electron chi connectivity index (χ1n) is 8.83. The molecule has 0 fully saturated rings. The van der Waals surface area contributed by atoms with Gasteiger partial charge in [0.05, 0.1) is 19.8 Å². The Labute approximate surface area is 174 Å². The fraction of sp³-hybridized carbons (Fsp3) is 0.136. The summed E-state index contributed by atoms with van der Waals surface area (Å²) in [6.07, 6.45) is 2.61. The maximum Gasteiger partial charge on any atom is 0.203 e. The zero-order valence-electron chi connectivity index (χ0n) is 16.4. The molecule has 31 heavy (non-hydrogen) atoms. The van der Waals surface area contributed by atoms with Crippen LogP contribution in [0.5, 0.6) is 17.2 Å². The van der Waals surface area contributed by atoms with Gasteiger partial charge in [-0.15, -0.1) is 0 Å². The molecule has 3 aromatic rings. The van der Waals surface area contributed by atoms with Gasteiger partial charge in [-0.05, 0) is 42.5 Å². The molecule has 0 radical (unpaired) electrons. The van der Waals surface area contributed by atoms with Crippen LogP contribution < -0.4 is 14.2 Å². The van der Waals surface area contributed by atoms with E-state index in [1.54, 1.807) is 12.1 Å². The van der Waals surface area contributed by atoms with Crippen molar-refractivity contribution in [3.05, 3.63) is 82.8 Å². The van der Waals surface area contributed by atoms with Gasteiger partial charge in [0.2, 0.25) is 11.6 Å². The van der Waals surface area contributed by atoms with Crippen LogP contribution >= 0.6 is 0 Å². The number of hydrogen-bond donors (Lipinski definition) is 0. The lowest BCUT2D eigenvalue weighted by Crippen LogP contribution is -2.03. The Kier molecular flexibility index (Phi) is 6.64. The molecule has 0 spiro atoms. The molecule has 9 heteroatoms. The van der Waals surface area contributed by atoms with Crippen molar-refractivity contribution in [1.29, 1.82) is 0 Å². The number of ether oxygens (including phenoxy) is 3. The van der Waals surface area contributed by atoms with Gasteiger partial charge in [0.15, 0.2) is 23.2 Å². The zero-order chi connectivity index (χ0) is 22.5. The summed E-state index contributed by atoms with van der Waals surface area (Å²) in [5.41, 5.74) is 0.271. The minimum Gasteiger partial charge on any atom is -0.497 e. The summed E-state index contributed by atoms with van der Waals surface area (Å²) in [6, 6.07) is 7.74. The number of carbonyl (C=O) groups excluding carboxylic acids is 1. The van der Waals surface area contributed by atoms with E-state index >= 15 is 0 Å². The number of methoxy groups -OCH3 is 2. The number of ketones is 1. The van der Waals surface area contributed by atoms with E-state index in [9.17, 15) is 22.4 Å². The minimum atomic E-state index is -1.65. The van der Waals surface area contributed by atoms with Crippen LogP contribution in [-0.4, -0.2) is 20.0 Å². The van der Waals surface area contributed by atoms with Crippen LogP contribution in [0.25, 0.3) is 6.08 Å². The Hall–Kier alpha value is -3.75. The van der Waals surface area contributed by atoms with Crippen LogP contribution in [0.2, 0.25) is 0 Å². The number of carbonyl (C=O) groups is 1. The molecule has 5 nitrogen and oxygen atoms in total. The predicted molar refractivity (Wildman–Crippen MR) is 102 cm³/mol. The quantitative estimate of drug-likeness (QED) is 0.207. The Morgan fingerprint density at radius 3 is 2.32 bits per heavy atom.